The molecule has 0 radical (unpaired) electrons. The molecule has 1 fully saturated rings. The maximum Gasteiger partial charge on any atom is 0.249 e. The summed E-state index contributed by atoms with van der Waals surface area (Å²) in [5.41, 5.74) is 1.65. The third-order valence-electron chi connectivity index (χ3n) is 4.41. The number of nitrogens with zero attached hydrogens (tertiary/aromatic N) is 3. The van der Waals surface area contributed by atoms with E-state index < -0.39 is 11.5 Å². The zero-order chi connectivity index (χ0) is 18.9. The SMILES string of the molecule is Cc1ccc(-c2nnc(NC(=O)[C@H]3CCCN3C(=O)C(C)(C)C)s2)cc1. The molecule has 1 aliphatic rings. The second-order valence-electron chi connectivity index (χ2n) is 7.67. The molecule has 138 valence electrons. The number of amides is 2. The van der Waals surface area contributed by atoms with Crippen LogP contribution in [0.3, 0.4) is 0 Å². The Hall–Kier alpha value is -2.28. The third kappa shape index (κ3) is 3.93. The van der Waals surface area contributed by atoms with E-state index in [4.69, 9.17) is 0 Å². The Morgan fingerprint density at radius 3 is 2.54 bits per heavy atom. The van der Waals surface area contributed by atoms with Gasteiger partial charge in [-0.25, -0.2) is 0 Å². The van der Waals surface area contributed by atoms with Gasteiger partial charge >= 0.3 is 0 Å². The van der Waals surface area contributed by atoms with Crippen molar-refractivity contribution in [2.45, 2.75) is 46.6 Å². The maximum atomic E-state index is 12.7. The normalized spacial score (nSPS) is 17.4. The molecule has 1 aromatic heterocycles. The van der Waals surface area contributed by atoms with Crippen molar-refractivity contribution >= 4 is 28.3 Å². The molecule has 1 aromatic carbocycles. The van der Waals surface area contributed by atoms with Crippen LogP contribution in [0.15, 0.2) is 24.3 Å². The van der Waals surface area contributed by atoms with Crippen molar-refractivity contribution < 1.29 is 9.59 Å². The lowest BCUT2D eigenvalue weighted by Gasteiger charge is -2.29. The number of rotatable bonds is 3. The Morgan fingerprint density at radius 2 is 1.88 bits per heavy atom. The van der Waals surface area contributed by atoms with E-state index in [1.165, 1.54) is 16.9 Å². The number of carbonyl (C=O) groups excluding carboxylic acids is 2. The van der Waals surface area contributed by atoms with Gasteiger partial charge in [-0.1, -0.05) is 61.9 Å². The molecular weight excluding hydrogens is 348 g/mol. The van der Waals surface area contributed by atoms with Crippen LogP contribution in [0.4, 0.5) is 5.13 Å². The first-order valence-corrected chi connectivity index (χ1v) is 9.60. The van der Waals surface area contributed by atoms with Crippen LogP contribution >= 0.6 is 11.3 Å². The first-order valence-electron chi connectivity index (χ1n) is 8.78. The fourth-order valence-corrected chi connectivity index (χ4v) is 3.74. The molecule has 0 bridgehead atoms. The monoisotopic (exact) mass is 372 g/mol. The summed E-state index contributed by atoms with van der Waals surface area (Å²) in [5.74, 6) is -0.181. The first kappa shape index (κ1) is 18.5. The highest BCUT2D eigenvalue weighted by Gasteiger charge is 2.38. The summed E-state index contributed by atoms with van der Waals surface area (Å²) in [5, 5.41) is 12.3. The fourth-order valence-electron chi connectivity index (χ4n) is 2.99. The smallest absolute Gasteiger partial charge is 0.249 e. The summed E-state index contributed by atoms with van der Waals surface area (Å²) >= 11 is 1.34. The number of nitrogens with one attached hydrogen (secondary N) is 1. The Kier molecular flexibility index (Phi) is 5.09. The van der Waals surface area contributed by atoms with E-state index in [-0.39, 0.29) is 11.8 Å². The van der Waals surface area contributed by atoms with Gasteiger partial charge in [-0.2, -0.15) is 0 Å². The van der Waals surface area contributed by atoms with E-state index in [1.54, 1.807) is 4.90 Å². The molecule has 1 aliphatic heterocycles. The standard InChI is InChI=1S/C19H24N4O2S/c1-12-7-9-13(10-8-12)16-21-22-18(26-16)20-15(24)14-6-5-11-23(14)17(25)19(2,3)4/h7-10,14H,5-6,11H2,1-4H3,(H,20,22,24)/t14-/m1/s1. The number of hydrogen-bond acceptors (Lipinski definition) is 5. The van der Waals surface area contributed by atoms with E-state index in [9.17, 15) is 9.59 Å². The minimum Gasteiger partial charge on any atom is -0.330 e. The van der Waals surface area contributed by atoms with Crippen LogP contribution in [0.25, 0.3) is 10.6 Å². The van der Waals surface area contributed by atoms with Crippen molar-refractivity contribution in [3.8, 4) is 10.6 Å². The molecule has 0 aliphatic carbocycles. The van der Waals surface area contributed by atoms with E-state index in [2.05, 4.69) is 15.5 Å². The van der Waals surface area contributed by atoms with Gasteiger partial charge in [0.15, 0.2) is 0 Å². The van der Waals surface area contributed by atoms with E-state index >= 15 is 0 Å². The molecule has 0 spiro atoms. The molecular formula is C19H24N4O2S. The van der Waals surface area contributed by atoms with Gasteiger partial charge in [-0.15, -0.1) is 10.2 Å². The van der Waals surface area contributed by atoms with Crippen molar-refractivity contribution in [1.82, 2.24) is 15.1 Å². The van der Waals surface area contributed by atoms with Crippen molar-refractivity contribution in [2.24, 2.45) is 5.41 Å². The summed E-state index contributed by atoms with van der Waals surface area (Å²) in [6, 6.07) is 7.57. The average molecular weight is 372 g/mol. The minimum absolute atomic E-state index is 0.00718. The zero-order valence-corrected chi connectivity index (χ0v) is 16.4. The number of carbonyl (C=O) groups is 2. The van der Waals surface area contributed by atoms with Crippen LogP contribution < -0.4 is 5.32 Å². The topological polar surface area (TPSA) is 75.2 Å². The first-order chi connectivity index (χ1) is 12.3. The third-order valence-corrected chi connectivity index (χ3v) is 5.30. The van der Waals surface area contributed by atoms with Gasteiger partial charge in [0, 0.05) is 17.5 Å². The second-order valence-corrected chi connectivity index (χ2v) is 8.65. The summed E-state index contributed by atoms with van der Waals surface area (Å²) in [7, 11) is 0. The van der Waals surface area contributed by atoms with Crippen LogP contribution in [-0.4, -0.2) is 39.5 Å². The number of aryl methyl sites for hydroxylation is 1. The summed E-state index contributed by atoms with van der Waals surface area (Å²) in [6.45, 7) is 8.28. The van der Waals surface area contributed by atoms with Gasteiger partial charge in [-0.05, 0) is 19.8 Å². The largest absolute Gasteiger partial charge is 0.330 e. The highest BCUT2D eigenvalue weighted by molar-refractivity contribution is 7.18. The zero-order valence-electron chi connectivity index (χ0n) is 15.6. The minimum atomic E-state index is -0.496. The Morgan fingerprint density at radius 1 is 1.19 bits per heavy atom. The molecule has 7 heteroatoms. The number of aromatic nitrogens is 2. The number of benzene rings is 1. The van der Waals surface area contributed by atoms with Gasteiger partial charge in [0.2, 0.25) is 16.9 Å². The predicted octanol–water partition coefficient (Wildman–Crippen LogP) is 3.49. The van der Waals surface area contributed by atoms with Gasteiger partial charge in [0.1, 0.15) is 11.0 Å². The van der Waals surface area contributed by atoms with Gasteiger partial charge in [-0.3, -0.25) is 14.9 Å². The van der Waals surface area contributed by atoms with Crippen LogP contribution in [0.5, 0.6) is 0 Å². The lowest BCUT2D eigenvalue weighted by atomic mass is 9.94. The van der Waals surface area contributed by atoms with Gasteiger partial charge in [0.05, 0.1) is 0 Å². The fraction of sp³-hybridized carbons (Fsp3) is 0.474. The number of anilines is 1. The second kappa shape index (κ2) is 7.15. The molecule has 0 saturated carbocycles. The van der Waals surface area contributed by atoms with Crippen LogP contribution in [0.1, 0.15) is 39.2 Å². The molecule has 1 atom stereocenters. The van der Waals surface area contributed by atoms with E-state index in [1.807, 2.05) is 52.0 Å². The van der Waals surface area contributed by atoms with Crippen LogP contribution in [0, 0.1) is 12.3 Å². The average Bonchev–Trinajstić information content (AvgIpc) is 3.23. The summed E-state index contributed by atoms with van der Waals surface area (Å²) < 4.78 is 0. The predicted molar refractivity (Wildman–Crippen MR) is 103 cm³/mol. The molecule has 1 saturated heterocycles. The molecule has 26 heavy (non-hydrogen) atoms. The van der Waals surface area contributed by atoms with Gasteiger partial charge < -0.3 is 4.90 Å². The molecule has 2 aromatic rings. The lowest BCUT2D eigenvalue weighted by Crippen LogP contribution is -2.47. The number of hydrogen-bond donors (Lipinski definition) is 1. The summed E-state index contributed by atoms with van der Waals surface area (Å²) in [4.78, 5) is 26.9. The maximum absolute atomic E-state index is 12.7. The Bertz CT molecular complexity index is 808. The van der Waals surface area contributed by atoms with E-state index in [0.29, 0.717) is 18.1 Å². The van der Waals surface area contributed by atoms with Crippen LogP contribution in [-0.2, 0) is 9.59 Å². The van der Waals surface area contributed by atoms with Gasteiger partial charge in [0.25, 0.3) is 0 Å². The highest BCUT2D eigenvalue weighted by Crippen LogP contribution is 2.29. The Labute approximate surface area is 157 Å². The number of likely N-dealkylation sites (tertiary alicyclic amines) is 1. The summed E-state index contributed by atoms with van der Waals surface area (Å²) in [6.07, 6.45) is 1.52. The lowest BCUT2D eigenvalue weighted by molar-refractivity contribution is -0.143. The Balaban J connectivity index is 1.70. The molecule has 3 rings (SSSR count). The molecule has 1 N–H and O–H groups in total. The molecule has 2 amide bonds. The highest BCUT2D eigenvalue weighted by atomic mass is 32.1. The quantitative estimate of drug-likeness (QED) is 0.895. The molecule has 0 unspecified atom stereocenters. The van der Waals surface area contributed by atoms with Crippen molar-refractivity contribution in [1.29, 1.82) is 0 Å². The van der Waals surface area contributed by atoms with E-state index in [0.717, 1.165) is 17.0 Å². The van der Waals surface area contributed by atoms with Crippen LogP contribution in [0.2, 0.25) is 0 Å². The molecule has 6 nitrogen and oxygen atoms in total. The van der Waals surface area contributed by atoms with Crippen molar-refractivity contribution in [2.75, 3.05) is 11.9 Å². The van der Waals surface area contributed by atoms with Crippen molar-refractivity contribution in [3.05, 3.63) is 29.8 Å². The molecule has 2 heterocycles. The van der Waals surface area contributed by atoms with Crippen molar-refractivity contribution in [3.63, 3.8) is 0 Å².